The zero-order valence-electron chi connectivity index (χ0n) is 11.5. The van der Waals surface area contributed by atoms with E-state index < -0.39 is 0 Å². The molecule has 1 aromatic rings. The van der Waals surface area contributed by atoms with Crippen LogP contribution in [-0.4, -0.2) is 12.4 Å². The molecule has 1 rings (SSSR count). The summed E-state index contributed by atoms with van der Waals surface area (Å²) < 4.78 is 5.68. The van der Waals surface area contributed by atoms with Gasteiger partial charge >= 0.3 is 0 Å². The lowest BCUT2D eigenvalue weighted by molar-refractivity contribution is 0.304. The molecular formula is C15H23ClN2O. The van der Waals surface area contributed by atoms with E-state index in [1.54, 1.807) is 18.2 Å². The molecule has 106 valence electrons. The summed E-state index contributed by atoms with van der Waals surface area (Å²) >= 11 is 5.89. The van der Waals surface area contributed by atoms with Gasteiger partial charge in [-0.05, 0) is 24.6 Å². The van der Waals surface area contributed by atoms with E-state index in [9.17, 15) is 0 Å². The second-order valence-electron chi connectivity index (χ2n) is 4.67. The molecule has 0 amide bonds. The summed E-state index contributed by atoms with van der Waals surface area (Å²) in [5.74, 6) is 0.630. The van der Waals surface area contributed by atoms with Gasteiger partial charge < -0.3 is 10.5 Å². The van der Waals surface area contributed by atoms with Crippen molar-refractivity contribution in [3.63, 3.8) is 0 Å². The quantitative estimate of drug-likeness (QED) is 0.401. The molecule has 0 radical (unpaired) electrons. The molecule has 3 N–H and O–H groups in total. The lowest BCUT2D eigenvalue weighted by Gasteiger charge is -2.11. The van der Waals surface area contributed by atoms with Gasteiger partial charge in [0.25, 0.3) is 0 Å². The van der Waals surface area contributed by atoms with Crippen molar-refractivity contribution in [2.45, 2.75) is 45.4 Å². The number of halogens is 1. The third-order valence-electron chi connectivity index (χ3n) is 2.99. The number of hydrogen-bond acceptors (Lipinski definition) is 2. The number of nitrogens with two attached hydrogens (primary N) is 1. The van der Waals surface area contributed by atoms with Crippen LogP contribution in [-0.2, 0) is 0 Å². The highest BCUT2D eigenvalue weighted by atomic mass is 35.5. The van der Waals surface area contributed by atoms with Crippen LogP contribution in [0.1, 0.15) is 51.0 Å². The monoisotopic (exact) mass is 282 g/mol. The minimum absolute atomic E-state index is 0.0135. The number of ether oxygens (including phenoxy) is 1. The minimum Gasteiger partial charge on any atom is -0.493 e. The van der Waals surface area contributed by atoms with Crippen LogP contribution in [0.25, 0.3) is 0 Å². The molecule has 0 atom stereocenters. The van der Waals surface area contributed by atoms with Crippen LogP contribution in [0.2, 0.25) is 5.02 Å². The van der Waals surface area contributed by atoms with Gasteiger partial charge in [0.05, 0.1) is 12.2 Å². The summed E-state index contributed by atoms with van der Waals surface area (Å²) in [7, 11) is 0. The van der Waals surface area contributed by atoms with E-state index in [-0.39, 0.29) is 5.84 Å². The molecule has 1 aromatic carbocycles. The zero-order valence-corrected chi connectivity index (χ0v) is 12.3. The molecule has 0 aromatic heterocycles. The van der Waals surface area contributed by atoms with Crippen LogP contribution in [0.15, 0.2) is 18.2 Å². The Morgan fingerprint density at radius 2 is 1.89 bits per heavy atom. The van der Waals surface area contributed by atoms with Crippen molar-refractivity contribution < 1.29 is 4.74 Å². The second kappa shape index (κ2) is 8.81. The van der Waals surface area contributed by atoms with Crippen molar-refractivity contribution in [1.82, 2.24) is 0 Å². The first kappa shape index (κ1) is 15.8. The molecule has 4 heteroatoms. The van der Waals surface area contributed by atoms with E-state index in [1.807, 2.05) is 0 Å². The van der Waals surface area contributed by atoms with Crippen molar-refractivity contribution in [3.8, 4) is 5.75 Å². The first-order valence-corrected chi connectivity index (χ1v) is 7.29. The summed E-state index contributed by atoms with van der Waals surface area (Å²) in [5, 5.41) is 8.07. The van der Waals surface area contributed by atoms with Gasteiger partial charge in [-0.15, -0.1) is 0 Å². The van der Waals surface area contributed by atoms with E-state index in [0.29, 0.717) is 22.9 Å². The highest BCUT2D eigenvalue weighted by Gasteiger charge is 2.07. The van der Waals surface area contributed by atoms with E-state index in [4.69, 9.17) is 27.5 Å². The lowest BCUT2D eigenvalue weighted by Crippen LogP contribution is -2.13. The van der Waals surface area contributed by atoms with E-state index in [0.717, 1.165) is 6.42 Å². The number of amidine groups is 1. The Morgan fingerprint density at radius 1 is 1.21 bits per heavy atom. The molecule has 0 aliphatic rings. The minimum atomic E-state index is -0.0135. The molecule has 0 saturated carbocycles. The van der Waals surface area contributed by atoms with Crippen molar-refractivity contribution in [2.75, 3.05) is 6.61 Å². The molecule has 0 fully saturated rings. The number of rotatable bonds is 9. The number of nitrogens with one attached hydrogen (secondary N) is 1. The SMILES string of the molecule is CCCCCCCCOc1ccc(Cl)cc1C(=N)N. The van der Waals surface area contributed by atoms with Crippen LogP contribution >= 0.6 is 11.6 Å². The number of unbranched alkanes of at least 4 members (excludes halogenated alkanes) is 5. The standard InChI is InChI=1S/C15H23ClN2O/c1-2-3-4-5-6-7-10-19-14-9-8-12(16)11-13(14)15(17)18/h8-9,11H,2-7,10H2,1H3,(H3,17,18). The zero-order chi connectivity index (χ0) is 14.1. The van der Waals surface area contributed by atoms with Gasteiger partial charge in [-0.3, -0.25) is 5.41 Å². The van der Waals surface area contributed by atoms with Crippen LogP contribution in [0.4, 0.5) is 0 Å². The largest absolute Gasteiger partial charge is 0.493 e. The molecule has 19 heavy (non-hydrogen) atoms. The Labute approximate surface area is 120 Å². The fourth-order valence-electron chi connectivity index (χ4n) is 1.90. The van der Waals surface area contributed by atoms with Crippen LogP contribution in [0.5, 0.6) is 5.75 Å². The van der Waals surface area contributed by atoms with E-state index in [2.05, 4.69) is 6.92 Å². The first-order chi connectivity index (χ1) is 9.15. The van der Waals surface area contributed by atoms with Crippen molar-refractivity contribution in [1.29, 1.82) is 5.41 Å². The summed E-state index contributed by atoms with van der Waals surface area (Å²) in [6, 6.07) is 5.20. The van der Waals surface area contributed by atoms with Gasteiger partial charge in [-0.25, -0.2) is 0 Å². The molecular weight excluding hydrogens is 260 g/mol. The molecule has 0 aliphatic heterocycles. The summed E-state index contributed by atoms with van der Waals surface area (Å²) in [6.45, 7) is 2.88. The number of nitrogen functional groups attached to an aromatic ring is 1. The van der Waals surface area contributed by atoms with Crippen LogP contribution in [0.3, 0.4) is 0 Å². The Balaban J connectivity index is 2.35. The Hall–Kier alpha value is -1.22. The van der Waals surface area contributed by atoms with Gasteiger partial charge in [-0.1, -0.05) is 50.6 Å². The van der Waals surface area contributed by atoms with Gasteiger partial charge in [0.1, 0.15) is 11.6 Å². The number of benzene rings is 1. The molecule has 0 unspecified atom stereocenters. The third-order valence-corrected chi connectivity index (χ3v) is 3.22. The molecule has 0 bridgehead atoms. The second-order valence-corrected chi connectivity index (χ2v) is 5.11. The average Bonchev–Trinajstić information content (AvgIpc) is 2.39. The third kappa shape index (κ3) is 5.97. The van der Waals surface area contributed by atoms with Crippen molar-refractivity contribution in [2.24, 2.45) is 5.73 Å². The molecule has 0 saturated heterocycles. The predicted molar refractivity (Wildman–Crippen MR) is 81.3 cm³/mol. The van der Waals surface area contributed by atoms with Crippen molar-refractivity contribution >= 4 is 17.4 Å². The first-order valence-electron chi connectivity index (χ1n) is 6.92. The maximum atomic E-state index is 7.50. The summed E-state index contributed by atoms with van der Waals surface area (Å²) in [6.07, 6.45) is 7.36. The smallest absolute Gasteiger partial charge is 0.130 e. The molecule has 0 spiro atoms. The van der Waals surface area contributed by atoms with Crippen LogP contribution < -0.4 is 10.5 Å². The maximum absolute atomic E-state index is 7.50. The normalized spacial score (nSPS) is 10.4. The predicted octanol–water partition coefficient (Wildman–Crippen LogP) is 4.36. The topological polar surface area (TPSA) is 59.1 Å². The van der Waals surface area contributed by atoms with Gasteiger partial charge in [0, 0.05) is 5.02 Å². The average molecular weight is 283 g/mol. The highest BCUT2D eigenvalue weighted by molar-refractivity contribution is 6.31. The lowest BCUT2D eigenvalue weighted by atomic mass is 10.1. The highest BCUT2D eigenvalue weighted by Crippen LogP contribution is 2.22. The Bertz CT molecular complexity index is 407. The fraction of sp³-hybridized carbons (Fsp3) is 0.533. The fourth-order valence-corrected chi connectivity index (χ4v) is 2.08. The molecule has 3 nitrogen and oxygen atoms in total. The summed E-state index contributed by atoms with van der Waals surface area (Å²) in [4.78, 5) is 0. The number of hydrogen-bond donors (Lipinski definition) is 2. The molecule has 0 heterocycles. The van der Waals surface area contributed by atoms with Crippen LogP contribution in [0, 0.1) is 5.41 Å². The Morgan fingerprint density at radius 3 is 2.58 bits per heavy atom. The van der Waals surface area contributed by atoms with E-state index >= 15 is 0 Å². The van der Waals surface area contributed by atoms with E-state index in [1.165, 1.54) is 32.1 Å². The Kier molecular flexibility index (Phi) is 7.34. The van der Waals surface area contributed by atoms with Gasteiger partial charge in [-0.2, -0.15) is 0 Å². The van der Waals surface area contributed by atoms with Gasteiger partial charge in [0.15, 0.2) is 0 Å². The van der Waals surface area contributed by atoms with Gasteiger partial charge in [0.2, 0.25) is 0 Å². The molecule has 0 aliphatic carbocycles. The van der Waals surface area contributed by atoms with Crippen molar-refractivity contribution in [3.05, 3.63) is 28.8 Å². The summed E-state index contributed by atoms with van der Waals surface area (Å²) in [5.41, 5.74) is 6.08. The maximum Gasteiger partial charge on any atom is 0.130 e.